The molecule has 164 valence electrons. The Morgan fingerprint density at radius 1 is 0.969 bits per heavy atom. The van der Waals surface area contributed by atoms with Crippen LogP contribution in [0.3, 0.4) is 0 Å². The van der Waals surface area contributed by atoms with Crippen molar-refractivity contribution in [3.63, 3.8) is 0 Å². The number of piperazine rings is 1. The number of hydrogen-bond donors (Lipinski definition) is 0. The molecule has 1 aromatic heterocycles. The highest BCUT2D eigenvalue weighted by molar-refractivity contribution is 5.95. The number of halogens is 1. The number of para-hydroxylation sites is 1. The van der Waals surface area contributed by atoms with E-state index in [2.05, 4.69) is 4.98 Å². The number of fused-ring (bicyclic) bond motifs is 1. The minimum Gasteiger partial charge on any atom is -0.368 e. The van der Waals surface area contributed by atoms with Crippen LogP contribution in [-0.2, 0) is 9.53 Å². The Balaban J connectivity index is 1.27. The van der Waals surface area contributed by atoms with E-state index in [-0.39, 0.29) is 23.5 Å². The van der Waals surface area contributed by atoms with E-state index in [1.165, 1.54) is 12.1 Å². The van der Waals surface area contributed by atoms with Gasteiger partial charge in [-0.2, -0.15) is 0 Å². The van der Waals surface area contributed by atoms with Crippen LogP contribution in [0.25, 0.3) is 22.0 Å². The topological polar surface area (TPSA) is 62.7 Å². The van der Waals surface area contributed by atoms with Gasteiger partial charge in [-0.1, -0.05) is 24.3 Å². The van der Waals surface area contributed by atoms with Gasteiger partial charge >= 0.3 is 0 Å². The van der Waals surface area contributed by atoms with E-state index < -0.39 is 5.82 Å². The van der Waals surface area contributed by atoms with Gasteiger partial charge in [0.05, 0.1) is 11.1 Å². The van der Waals surface area contributed by atoms with Crippen LogP contribution in [0.4, 0.5) is 4.39 Å². The molecular weight excluding hydrogens is 409 g/mol. The quantitative estimate of drug-likeness (QED) is 0.634. The summed E-state index contributed by atoms with van der Waals surface area (Å²) in [4.78, 5) is 33.2. The fraction of sp³-hybridized carbons (Fsp3) is 0.320. The van der Waals surface area contributed by atoms with Gasteiger partial charge < -0.3 is 14.5 Å². The molecule has 2 aliphatic heterocycles. The van der Waals surface area contributed by atoms with Gasteiger partial charge in [-0.3, -0.25) is 14.6 Å². The molecule has 32 heavy (non-hydrogen) atoms. The molecule has 3 heterocycles. The largest absolute Gasteiger partial charge is 0.368 e. The summed E-state index contributed by atoms with van der Waals surface area (Å²) in [6.07, 6.45) is 3.01. The third-order valence-corrected chi connectivity index (χ3v) is 6.21. The van der Waals surface area contributed by atoms with Crippen LogP contribution in [0, 0.1) is 5.82 Å². The van der Waals surface area contributed by atoms with Crippen molar-refractivity contribution in [3.05, 3.63) is 66.1 Å². The van der Waals surface area contributed by atoms with Crippen LogP contribution in [0.1, 0.15) is 23.2 Å². The Bertz CT molecular complexity index is 1170. The summed E-state index contributed by atoms with van der Waals surface area (Å²) in [5.74, 6) is -0.914. The minimum absolute atomic E-state index is 0.00544. The molecule has 0 N–H and O–H groups in total. The van der Waals surface area contributed by atoms with E-state index in [4.69, 9.17) is 4.74 Å². The van der Waals surface area contributed by atoms with Crippen LogP contribution in [-0.4, -0.2) is 65.5 Å². The number of pyridine rings is 1. The van der Waals surface area contributed by atoms with Crippen LogP contribution in [0.2, 0.25) is 0 Å². The number of rotatable bonds is 3. The molecule has 7 heteroatoms. The Morgan fingerprint density at radius 3 is 2.50 bits per heavy atom. The predicted octanol–water partition coefficient (Wildman–Crippen LogP) is 3.50. The van der Waals surface area contributed by atoms with Crippen LogP contribution in [0.5, 0.6) is 0 Å². The lowest BCUT2D eigenvalue weighted by molar-refractivity contribution is -0.142. The molecular formula is C25H24FN3O3. The molecule has 2 fully saturated rings. The van der Waals surface area contributed by atoms with Crippen molar-refractivity contribution in [1.29, 1.82) is 0 Å². The zero-order chi connectivity index (χ0) is 22.1. The standard InChI is InChI=1S/C25H24FN3O3/c26-21-15-17(19-14-18-4-1-2-5-22(18)27-16-19)7-8-20(21)24(30)28-9-11-29(12-10-28)25(31)23-6-3-13-32-23/h1-2,4-5,7-8,14-16,23H,3,6,9-13H2. The van der Waals surface area contributed by atoms with Crippen molar-refractivity contribution < 1.29 is 18.7 Å². The maximum Gasteiger partial charge on any atom is 0.256 e. The van der Waals surface area contributed by atoms with Crippen molar-refractivity contribution in [1.82, 2.24) is 14.8 Å². The van der Waals surface area contributed by atoms with Crippen molar-refractivity contribution in [3.8, 4) is 11.1 Å². The van der Waals surface area contributed by atoms with Gasteiger partial charge in [0.15, 0.2) is 0 Å². The van der Waals surface area contributed by atoms with Crippen LogP contribution >= 0.6 is 0 Å². The molecule has 1 atom stereocenters. The molecule has 2 amide bonds. The van der Waals surface area contributed by atoms with Crippen molar-refractivity contribution in [2.24, 2.45) is 0 Å². The minimum atomic E-state index is -0.557. The zero-order valence-corrected chi connectivity index (χ0v) is 17.7. The summed E-state index contributed by atoms with van der Waals surface area (Å²) >= 11 is 0. The van der Waals surface area contributed by atoms with E-state index in [0.29, 0.717) is 38.3 Å². The maximum atomic E-state index is 14.9. The molecule has 0 aliphatic carbocycles. The number of aromatic nitrogens is 1. The first-order chi connectivity index (χ1) is 15.6. The molecule has 1 unspecified atom stereocenters. The van der Waals surface area contributed by atoms with E-state index in [9.17, 15) is 14.0 Å². The predicted molar refractivity (Wildman–Crippen MR) is 119 cm³/mol. The summed E-state index contributed by atoms with van der Waals surface area (Å²) in [7, 11) is 0. The normalized spacial score (nSPS) is 18.8. The lowest BCUT2D eigenvalue weighted by atomic mass is 10.0. The van der Waals surface area contributed by atoms with E-state index >= 15 is 0 Å². The zero-order valence-electron chi connectivity index (χ0n) is 17.7. The summed E-state index contributed by atoms with van der Waals surface area (Å²) in [6.45, 7) is 2.26. The molecule has 0 bridgehead atoms. The molecule has 2 aliphatic rings. The number of hydrogen-bond acceptors (Lipinski definition) is 4. The fourth-order valence-electron chi connectivity index (χ4n) is 4.37. The molecule has 0 radical (unpaired) electrons. The summed E-state index contributed by atoms with van der Waals surface area (Å²) in [5, 5.41) is 0.973. The highest BCUT2D eigenvalue weighted by Crippen LogP contribution is 2.25. The van der Waals surface area contributed by atoms with E-state index in [1.807, 2.05) is 30.3 Å². The first-order valence-electron chi connectivity index (χ1n) is 10.9. The number of amides is 2. The average Bonchev–Trinajstić information content (AvgIpc) is 3.38. The second-order valence-electron chi connectivity index (χ2n) is 8.23. The maximum absolute atomic E-state index is 14.9. The highest BCUT2D eigenvalue weighted by Gasteiger charge is 2.32. The summed E-state index contributed by atoms with van der Waals surface area (Å²) in [6, 6.07) is 14.4. The first kappa shape index (κ1) is 20.6. The molecule has 5 rings (SSSR count). The number of benzene rings is 2. The number of carbonyl (C=O) groups excluding carboxylic acids is 2. The van der Waals surface area contributed by atoms with Gasteiger partial charge in [0.25, 0.3) is 11.8 Å². The molecule has 6 nitrogen and oxygen atoms in total. The van der Waals surface area contributed by atoms with Gasteiger partial charge in [-0.15, -0.1) is 0 Å². The van der Waals surface area contributed by atoms with Gasteiger partial charge in [0, 0.05) is 49.9 Å². The summed E-state index contributed by atoms with van der Waals surface area (Å²) < 4.78 is 20.4. The van der Waals surface area contributed by atoms with E-state index in [1.54, 1.807) is 22.1 Å². The SMILES string of the molecule is O=C(c1ccc(-c2cnc3ccccc3c2)cc1F)N1CCN(C(=O)C2CCCO2)CC1. The Labute approximate surface area is 185 Å². The van der Waals surface area contributed by atoms with Gasteiger partial charge in [0.2, 0.25) is 0 Å². The van der Waals surface area contributed by atoms with Crippen molar-refractivity contribution in [2.45, 2.75) is 18.9 Å². The molecule has 2 saturated heterocycles. The lowest BCUT2D eigenvalue weighted by Gasteiger charge is -2.35. The van der Waals surface area contributed by atoms with Crippen molar-refractivity contribution >= 4 is 22.7 Å². The van der Waals surface area contributed by atoms with E-state index in [0.717, 1.165) is 29.3 Å². The van der Waals surface area contributed by atoms with Gasteiger partial charge in [-0.25, -0.2) is 4.39 Å². The smallest absolute Gasteiger partial charge is 0.256 e. The highest BCUT2D eigenvalue weighted by atomic mass is 19.1. The monoisotopic (exact) mass is 433 g/mol. The molecule has 2 aromatic carbocycles. The average molecular weight is 433 g/mol. The molecule has 0 spiro atoms. The fourth-order valence-corrected chi connectivity index (χ4v) is 4.37. The Kier molecular flexibility index (Phi) is 5.57. The second kappa shape index (κ2) is 8.67. The molecule has 3 aromatic rings. The molecule has 0 saturated carbocycles. The van der Waals surface area contributed by atoms with Gasteiger partial charge in [-0.05, 0) is 42.7 Å². The lowest BCUT2D eigenvalue weighted by Crippen LogP contribution is -2.52. The first-order valence-corrected chi connectivity index (χ1v) is 10.9. The number of nitrogens with zero attached hydrogens (tertiary/aromatic N) is 3. The third-order valence-electron chi connectivity index (χ3n) is 6.21. The third kappa shape index (κ3) is 3.96. The Hall–Kier alpha value is -3.32. The van der Waals surface area contributed by atoms with Gasteiger partial charge in [0.1, 0.15) is 11.9 Å². The Morgan fingerprint density at radius 2 is 1.75 bits per heavy atom. The van der Waals surface area contributed by atoms with Crippen LogP contribution in [0.15, 0.2) is 54.7 Å². The summed E-state index contributed by atoms with van der Waals surface area (Å²) in [5.41, 5.74) is 2.38. The number of carbonyl (C=O) groups is 2. The number of ether oxygens (including phenoxy) is 1. The van der Waals surface area contributed by atoms with Crippen LogP contribution < -0.4 is 0 Å². The van der Waals surface area contributed by atoms with Crippen molar-refractivity contribution in [2.75, 3.05) is 32.8 Å². The second-order valence-corrected chi connectivity index (χ2v) is 8.23.